The van der Waals surface area contributed by atoms with Gasteiger partial charge in [0.15, 0.2) is 6.29 Å². The molecule has 4 aromatic rings. The zero-order valence-electron chi connectivity index (χ0n) is 37.8. The number of amides is 1. The number of hydrogen-bond donors (Lipinski definition) is 2. The molecule has 1 heterocycles. The highest BCUT2D eigenvalue weighted by Crippen LogP contribution is 2.62. The van der Waals surface area contributed by atoms with Crippen molar-refractivity contribution in [2.75, 3.05) is 34.0 Å². The number of allylic oxidation sites excluding steroid dienone is 1. The summed E-state index contributed by atoms with van der Waals surface area (Å²) in [4.78, 5) is 55.4. The number of non-ortho nitro benzene ring substituents is 2. The Morgan fingerprint density at radius 3 is 2.21 bits per heavy atom. The third-order valence-corrected chi connectivity index (χ3v) is 12.8. The topological polar surface area (TPSA) is 232 Å². The molecule has 358 valence electrons. The van der Waals surface area contributed by atoms with Crippen molar-refractivity contribution in [3.8, 4) is 28.7 Å². The molecule has 3 aliphatic rings. The second kappa shape index (κ2) is 22.1. The van der Waals surface area contributed by atoms with Crippen LogP contribution in [0.25, 0.3) is 0 Å². The molecule has 1 fully saturated rings. The van der Waals surface area contributed by atoms with E-state index in [0.717, 1.165) is 11.1 Å². The quantitative estimate of drug-likeness (QED) is 0.0246. The zero-order valence-corrected chi connectivity index (χ0v) is 37.8. The van der Waals surface area contributed by atoms with Gasteiger partial charge in [-0.05, 0) is 109 Å². The lowest BCUT2D eigenvalue weighted by molar-refractivity contribution is -0.385. The lowest BCUT2D eigenvalue weighted by Crippen LogP contribution is -2.69. The number of fused-ring (bicyclic) bond motifs is 2. The van der Waals surface area contributed by atoms with Gasteiger partial charge in [0.25, 0.3) is 11.4 Å². The van der Waals surface area contributed by atoms with Crippen molar-refractivity contribution in [1.82, 2.24) is 4.90 Å². The van der Waals surface area contributed by atoms with E-state index in [-0.39, 0.29) is 61.8 Å². The molecule has 18 nitrogen and oxygen atoms in total. The second-order valence-electron chi connectivity index (χ2n) is 16.8. The van der Waals surface area contributed by atoms with E-state index in [0.29, 0.717) is 84.6 Å². The highest BCUT2D eigenvalue weighted by molar-refractivity contribution is 6.03. The zero-order chi connectivity index (χ0) is 48.4. The number of rotatable bonds is 22. The molecule has 68 heavy (non-hydrogen) atoms. The molecule has 7 rings (SSSR count). The Bertz CT molecular complexity index is 2530. The van der Waals surface area contributed by atoms with Crippen molar-refractivity contribution in [3.63, 3.8) is 0 Å². The first-order chi connectivity index (χ1) is 32.9. The molecular formula is C50H54N4O14. The summed E-state index contributed by atoms with van der Waals surface area (Å²) in [5.41, 5.74) is 2.70. The molecule has 18 heteroatoms. The summed E-state index contributed by atoms with van der Waals surface area (Å²) in [6.07, 6.45) is 7.57. The molecule has 4 aromatic carbocycles. The number of likely N-dealkylation sites (N-methyl/N-ethyl adjacent to an activating group) is 1. The summed E-state index contributed by atoms with van der Waals surface area (Å²) in [6.45, 7) is 3.93. The minimum absolute atomic E-state index is 0.00155. The molecule has 0 spiro atoms. The third-order valence-electron chi connectivity index (χ3n) is 12.8. The summed E-state index contributed by atoms with van der Waals surface area (Å²) in [5.74, 6) is -1.15. The number of oxime groups is 1. The van der Waals surface area contributed by atoms with Crippen molar-refractivity contribution < 1.29 is 58.2 Å². The highest BCUT2D eigenvalue weighted by atomic mass is 16.7. The highest BCUT2D eigenvalue weighted by Gasteiger charge is 2.65. The van der Waals surface area contributed by atoms with Crippen LogP contribution in [0.2, 0.25) is 0 Å². The van der Waals surface area contributed by atoms with Crippen LogP contribution in [0.15, 0.2) is 114 Å². The van der Waals surface area contributed by atoms with Crippen LogP contribution in [0, 0.1) is 38.0 Å². The summed E-state index contributed by atoms with van der Waals surface area (Å²) >= 11 is 0. The molecule has 0 saturated heterocycles. The van der Waals surface area contributed by atoms with E-state index in [2.05, 4.69) is 12.7 Å². The SMILES string of the molecule is C=CCO[C@@]12Oc3ccc(Oc4ccc(OC)c(C=O)c4)cc3[C@H]3[C@H](CCCCO)[C@@H](CCCCO)C=C(C(=NOCc4ccc([N+](=O)[O-])cc4)C[C@@H]1N(C)C(=O)Oc1ccc([N+](=O)[O-])cc1)[C@H]32. The first kappa shape index (κ1) is 48.8. The van der Waals surface area contributed by atoms with Crippen LogP contribution in [0.1, 0.15) is 72.3 Å². The summed E-state index contributed by atoms with van der Waals surface area (Å²) in [5, 5.41) is 47.4. The number of carbonyl (C=O) groups excluding carboxylic acids is 2. The number of nitrogens with zero attached hydrogens (tertiary/aromatic N) is 4. The number of methoxy groups -OCH3 is 1. The van der Waals surface area contributed by atoms with Gasteiger partial charge in [0.1, 0.15) is 41.4 Å². The number of aldehydes is 1. The normalized spacial score (nSPS) is 21.8. The molecule has 0 aromatic heterocycles. The molecule has 1 aliphatic heterocycles. The number of benzene rings is 4. The fourth-order valence-electron chi connectivity index (χ4n) is 9.63. The second-order valence-corrected chi connectivity index (χ2v) is 16.8. The molecular weight excluding hydrogens is 881 g/mol. The van der Waals surface area contributed by atoms with E-state index in [1.165, 1.54) is 48.4 Å². The van der Waals surface area contributed by atoms with Crippen LogP contribution in [-0.4, -0.2) is 88.9 Å². The monoisotopic (exact) mass is 934 g/mol. The average Bonchev–Trinajstić information content (AvgIpc) is 3.34. The molecule has 0 unspecified atom stereocenters. The Morgan fingerprint density at radius 2 is 1.56 bits per heavy atom. The minimum atomic E-state index is -1.62. The molecule has 2 aliphatic carbocycles. The fraction of sp³-hybridized carbons (Fsp3) is 0.380. The minimum Gasteiger partial charge on any atom is -0.496 e. The van der Waals surface area contributed by atoms with E-state index in [1.54, 1.807) is 55.6 Å². The van der Waals surface area contributed by atoms with Gasteiger partial charge in [-0.2, -0.15) is 0 Å². The van der Waals surface area contributed by atoms with E-state index < -0.39 is 39.6 Å². The van der Waals surface area contributed by atoms with Gasteiger partial charge in [-0.1, -0.05) is 30.1 Å². The first-order valence-electron chi connectivity index (χ1n) is 22.4. The Hall–Kier alpha value is -7.15. The van der Waals surface area contributed by atoms with Crippen LogP contribution >= 0.6 is 0 Å². The average molecular weight is 935 g/mol. The van der Waals surface area contributed by atoms with Gasteiger partial charge < -0.3 is 43.6 Å². The van der Waals surface area contributed by atoms with Crippen LogP contribution in [-0.2, 0) is 16.2 Å². The molecule has 6 atom stereocenters. The molecule has 0 bridgehead atoms. The molecule has 0 radical (unpaired) electrons. The third kappa shape index (κ3) is 10.5. The first-order valence-corrected chi connectivity index (χ1v) is 22.4. The Kier molecular flexibility index (Phi) is 15.9. The van der Waals surface area contributed by atoms with Crippen LogP contribution in [0.3, 0.4) is 0 Å². The predicted molar refractivity (Wildman–Crippen MR) is 248 cm³/mol. The van der Waals surface area contributed by atoms with Gasteiger partial charge in [0.05, 0.1) is 40.8 Å². The van der Waals surface area contributed by atoms with E-state index in [4.69, 9.17) is 33.7 Å². The summed E-state index contributed by atoms with van der Waals surface area (Å²) < 4.78 is 31.7. The van der Waals surface area contributed by atoms with Gasteiger partial charge in [0.2, 0.25) is 5.79 Å². The van der Waals surface area contributed by atoms with Crippen LogP contribution in [0.5, 0.6) is 28.7 Å². The number of hydrogen-bond acceptors (Lipinski definition) is 15. The standard InChI is InChI=1S/C50H54N4O14/c1-4-25-64-50-46(52(2)49(58)67-37-17-15-36(16-18-37)54(61)62)29-43(51-65-31-32-11-13-35(14-12-32)53(59)60)41-27-33(9-5-7-23-55)40(10-6-8-24-56)47(48(41)50)42-28-39(20-22-45(42)68-50)66-38-19-21-44(63-3)34(26-38)30-57/h4,11-22,26-28,30,33,40,46-48,55-56H,1,5-10,23-25,29,31H2,2-3H3/t33-,40+,46-,47+,48+,50+/m0/s1. The number of ether oxygens (including phenoxy) is 5. The van der Waals surface area contributed by atoms with Gasteiger partial charge in [-0.15, -0.1) is 6.58 Å². The van der Waals surface area contributed by atoms with Crippen molar-refractivity contribution in [2.24, 2.45) is 22.9 Å². The summed E-state index contributed by atoms with van der Waals surface area (Å²) in [7, 11) is 3.02. The summed E-state index contributed by atoms with van der Waals surface area (Å²) in [6, 6.07) is 20.5. The Morgan fingerprint density at radius 1 is 0.912 bits per heavy atom. The van der Waals surface area contributed by atoms with Gasteiger partial charge >= 0.3 is 6.09 Å². The van der Waals surface area contributed by atoms with Gasteiger partial charge in [-0.3, -0.25) is 25.0 Å². The van der Waals surface area contributed by atoms with Crippen LogP contribution in [0.4, 0.5) is 16.2 Å². The van der Waals surface area contributed by atoms with Crippen molar-refractivity contribution in [2.45, 2.75) is 69.3 Å². The van der Waals surface area contributed by atoms with Crippen molar-refractivity contribution in [3.05, 3.63) is 146 Å². The van der Waals surface area contributed by atoms with E-state index in [9.17, 15) is 40.0 Å². The van der Waals surface area contributed by atoms with Crippen LogP contribution < -0.4 is 18.9 Å². The maximum atomic E-state index is 14.4. The number of carbonyl (C=O) groups is 2. The maximum absolute atomic E-state index is 14.4. The number of unbranched alkanes of at least 4 members (excludes halogenated alkanes) is 2. The number of aliphatic hydroxyl groups is 2. The number of nitro groups is 2. The molecule has 2 N–H and O–H groups in total. The number of nitro benzene ring substituents is 2. The maximum Gasteiger partial charge on any atom is 0.415 e. The fourth-order valence-corrected chi connectivity index (χ4v) is 9.63. The lowest BCUT2D eigenvalue weighted by Gasteiger charge is -2.59. The largest absolute Gasteiger partial charge is 0.496 e. The van der Waals surface area contributed by atoms with Crippen molar-refractivity contribution in [1.29, 1.82) is 0 Å². The molecule has 1 saturated carbocycles. The lowest BCUT2D eigenvalue weighted by atomic mass is 9.55. The van der Waals surface area contributed by atoms with E-state index >= 15 is 0 Å². The Labute approximate surface area is 392 Å². The van der Waals surface area contributed by atoms with Gasteiger partial charge in [-0.25, -0.2) is 4.79 Å². The Balaban J connectivity index is 1.39. The predicted octanol–water partition coefficient (Wildman–Crippen LogP) is 9.08. The van der Waals surface area contributed by atoms with Gasteiger partial charge in [0, 0.05) is 62.4 Å². The molecule has 1 amide bonds. The smallest absolute Gasteiger partial charge is 0.415 e. The van der Waals surface area contributed by atoms with E-state index in [1.807, 2.05) is 6.07 Å². The van der Waals surface area contributed by atoms with Crippen molar-refractivity contribution >= 4 is 29.5 Å². The number of aliphatic hydroxyl groups excluding tert-OH is 2.